The Labute approximate surface area is 41.5 Å². The molecule has 0 aromatic carbocycles. The first-order chi connectivity index (χ1) is 1.91. The summed E-state index contributed by atoms with van der Waals surface area (Å²) in [6.07, 6.45) is 1.97. The van der Waals surface area contributed by atoms with E-state index in [0.717, 1.165) is 24.4 Å². The number of rotatable bonds is 1. The summed E-state index contributed by atoms with van der Waals surface area (Å²) in [5.41, 5.74) is 0. The Morgan fingerprint density at radius 1 is 2.00 bits per heavy atom. The van der Waals surface area contributed by atoms with E-state index in [-0.39, 0.29) is 0 Å². The van der Waals surface area contributed by atoms with Gasteiger partial charge in [-0.25, -0.2) is 0 Å². The standard InChI is InChI=1S/C3H5.In.2H/c1-3-2;;;/h3H,1-2H2;;;. The SMILES string of the molecule is C=C[CH2][InH2]. The zero-order valence-electron chi connectivity index (χ0n) is 2.99. The molecular weight excluding hydrogens is 151 g/mol. The fourth-order valence-electron chi connectivity index (χ4n) is 0. The van der Waals surface area contributed by atoms with Crippen LogP contribution in [-0.2, 0) is 0 Å². The Morgan fingerprint density at radius 3 is 2.25 bits per heavy atom. The summed E-state index contributed by atoms with van der Waals surface area (Å²) in [6, 6.07) is 0. The predicted molar refractivity (Wildman–Crippen MR) is 23.5 cm³/mol. The molecule has 0 aromatic heterocycles. The average Bonchev–Trinajstić information content (AvgIpc) is 1.37. The van der Waals surface area contributed by atoms with E-state index in [9.17, 15) is 0 Å². The number of hydrogen-bond acceptors (Lipinski definition) is 0. The van der Waals surface area contributed by atoms with Crippen molar-refractivity contribution in [3.05, 3.63) is 12.7 Å². The summed E-state index contributed by atoms with van der Waals surface area (Å²) < 4.78 is 1.29. The van der Waals surface area contributed by atoms with Crippen molar-refractivity contribution in [2.45, 2.75) is 4.18 Å². The summed E-state index contributed by atoms with van der Waals surface area (Å²) in [7, 11) is 0. The Kier molecular flexibility index (Phi) is 4.16. The van der Waals surface area contributed by atoms with Crippen molar-refractivity contribution in [2.75, 3.05) is 0 Å². The third kappa shape index (κ3) is 2.61. The van der Waals surface area contributed by atoms with Gasteiger partial charge in [-0.3, -0.25) is 0 Å². The Hall–Kier alpha value is 0.610. The molecule has 0 radical (unpaired) electrons. The first kappa shape index (κ1) is 4.61. The van der Waals surface area contributed by atoms with Crippen molar-refractivity contribution >= 4 is 24.4 Å². The van der Waals surface area contributed by atoms with Crippen molar-refractivity contribution in [3.63, 3.8) is 0 Å². The van der Waals surface area contributed by atoms with Gasteiger partial charge in [0.2, 0.25) is 0 Å². The quantitative estimate of drug-likeness (QED) is 0.479. The minimum atomic E-state index is 0.867. The third-order valence-electron chi connectivity index (χ3n) is 0.289. The van der Waals surface area contributed by atoms with Gasteiger partial charge in [-0.15, -0.1) is 0 Å². The van der Waals surface area contributed by atoms with Gasteiger partial charge >= 0.3 is 41.2 Å². The molecule has 0 heterocycles. The molecule has 0 saturated carbocycles. The van der Waals surface area contributed by atoms with Crippen LogP contribution in [0.5, 0.6) is 0 Å². The summed E-state index contributed by atoms with van der Waals surface area (Å²) in [5.74, 6) is 0. The molecule has 0 aliphatic heterocycles. The van der Waals surface area contributed by atoms with Crippen LogP contribution in [0.25, 0.3) is 0 Å². The topological polar surface area (TPSA) is 0 Å². The third-order valence-corrected chi connectivity index (χ3v) is 1.94. The molecule has 0 aliphatic carbocycles. The van der Waals surface area contributed by atoms with Gasteiger partial charge in [0.15, 0.2) is 0 Å². The van der Waals surface area contributed by atoms with Gasteiger partial charge in [-0.05, 0) is 0 Å². The molecule has 0 unspecified atom stereocenters. The predicted octanol–water partition coefficient (Wildman–Crippen LogP) is 0.224. The fraction of sp³-hybridized carbons (Fsp3) is 0.333. The second kappa shape index (κ2) is 3.61. The summed E-state index contributed by atoms with van der Waals surface area (Å²) in [4.78, 5) is 0. The van der Waals surface area contributed by atoms with Gasteiger partial charge in [0.05, 0.1) is 0 Å². The van der Waals surface area contributed by atoms with Crippen LogP contribution < -0.4 is 0 Å². The minimum absolute atomic E-state index is 0.867. The first-order valence-electron chi connectivity index (χ1n) is 1.52. The van der Waals surface area contributed by atoms with Crippen LogP contribution in [0.2, 0.25) is 4.18 Å². The van der Waals surface area contributed by atoms with Crippen molar-refractivity contribution < 1.29 is 0 Å². The number of allylic oxidation sites excluding steroid dienone is 1. The average molecular weight is 158 g/mol. The van der Waals surface area contributed by atoms with E-state index in [1.54, 1.807) is 0 Å². The van der Waals surface area contributed by atoms with Crippen LogP contribution in [0, 0.1) is 0 Å². The van der Waals surface area contributed by atoms with Gasteiger partial charge in [0, 0.05) is 0 Å². The van der Waals surface area contributed by atoms with Gasteiger partial charge < -0.3 is 0 Å². The zero-order chi connectivity index (χ0) is 3.41. The van der Waals surface area contributed by atoms with Gasteiger partial charge in [0.1, 0.15) is 0 Å². The molecule has 0 nitrogen and oxygen atoms in total. The molecule has 0 rings (SSSR count). The molecule has 0 atom stereocenters. The molecule has 0 aromatic rings. The van der Waals surface area contributed by atoms with Crippen LogP contribution in [0.1, 0.15) is 0 Å². The first-order valence-corrected chi connectivity index (χ1v) is 5.56. The Bertz CT molecular complexity index is 17.2. The van der Waals surface area contributed by atoms with Crippen molar-refractivity contribution in [1.29, 1.82) is 0 Å². The van der Waals surface area contributed by atoms with Gasteiger partial charge in [-0.1, -0.05) is 0 Å². The molecule has 22 valence electrons. The number of hydrogen-bond donors (Lipinski definition) is 0. The van der Waals surface area contributed by atoms with Crippen LogP contribution in [0.3, 0.4) is 0 Å². The molecule has 1 heteroatoms. The molecule has 0 bridgehead atoms. The molecule has 0 aliphatic rings. The van der Waals surface area contributed by atoms with Crippen LogP contribution in [-0.4, -0.2) is 24.4 Å². The van der Waals surface area contributed by atoms with E-state index in [0.29, 0.717) is 0 Å². The van der Waals surface area contributed by atoms with E-state index in [1.807, 2.05) is 6.08 Å². The molecule has 0 amide bonds. The maximum absolute atomic E-state index is 3.53. The van der Waals surface area contributed by atoms with Crippen molar-refractivity contribution in [3.8, 4) is 0 Å². The molecule has 0 spiro atoms. The van der Waals surface area contributed by atoms with E-state index in [2.05, 4.69) is 6.58 Å². The molecular formula is C3H7In. The van der Waals surface area contributed by atoms with E-state index < -0.39 is 0 Å². The van der Waals surface area contributed by atoms with Crippen molar-refractivity contribution in [2.24, 2.45) is 0 Å². The summed E-state index contributed by atoms with van der Waals surface area (Å²) in [5, 5.41) is 0. The normalized spacial score (nSPS) is 6.00. The summed E-state index contributed by atoms with van der Waals surface area (Å²) >= 11 is 0.867. The van der Waals surface area contributed by atoms with Crippen LogP contribution >= 0.6 is 0 Å². The maximum atomic E-state index is 3.53. The second-order valence-corrected chi connectivity index (χ2v) is 3.03. The molecule has 0 saturated heterocycles. The van der Waals surface area contributed by atoms with E-state index in [4.69, 9.17) is 0 Å². The van der Waals surface area contributed by atoms with Crippen molar-refractivity contribution in [1.82, 2.24) is 0 Å². The van der Waals surface area contributed by atoms with Gasteiger partial charge in [-0.2, -0.15) is 0 Å². The van der Waals surface area contributed by atoms with Crippen LogP contribution in [0.15, 0.2) is 12.7 Å². The fourth-order valence-corrected chi connectivity index (χ4v) is 0. The Balaban J connectivity index is 2.30. The van der Waals surface area contributed by atoms with Crippen LogP contribution in [0.4, 0.5) is 0 Å². The van der Waals surface area contributed by atoms with Gasteiger partial charge in [0.25, 0.3) is 0 Å². The molecule has 0 N–H and O–H groups in total. The van der Waals surface area contributed by atoms with E-state index in [1.165, 1.54) is 4.18 Å². The van der Waals surface area contributed by atoms with E-state index >= 15 is 0 Å². The Morgan fingerprint density at radius 2 is 2.25 bits per heavy atom. The zero-order valence-corrected chi connectivity index (χ0v) is 8.70. The monoisotopic (exact) mass is 158 g/mol. The molecule has 4 heavy (non-hydrogen) atoms. The second-order valence-electron chi connectivity index (χ2n) is 0.697. The summed E-state index contributed by atoms with van der Waals surface area (Å²) in [6.45, 7) is 3.53. The molecule has 0 fully saturated rings.